The molecule has 4 fully saturated rings. The average molecular weight is 647 g/mol. The number of aromatic hydroxyl groups is 1. The van der Waals surface area contributed by atoms with E-state index in [1.54, 1.807) is 18.2 Å². The van der Waals surface area contributed by atoms with Gasteiger partial charge < -0.3 is 20.1 Å². The molecule has 2 unspecified atom stereocenters. The van der Waals surface area contributed by atoms with Gasteiger partial charge in [0.05, 0.1) is 18.2 Å². The lowest BCUT2D eigenvalue weighted by Gasteiger charge is -2.34. The summed E-state index contributed by atoms with van der Waals surface area (Å²) in [6, 6.07) is 13.8. The molecule has 48 heavy (non-hydrogen) atoms. The Morgan fingerprint density at radius 1 is 1.15 bits per heavy atom. The normalized spacial score (nSPS) is 21.6. The summed E-state index contributed by atoms with van der Waals surface area (Å²) in [7, 11) is 0. The number of nitrogens with one attached hydrogen (secondary N) is 1. The number of hydrogen-bond acceptors (Lipinski definition) is 8. The van der Waals surface area contributed by atoms with E-state index < -0.39 is 5.82 Å². The van der Waals surface area contributed by atoms with Crippen LogP contribution in [0.4, 0.5) is 10.2 Å². The Bertz CT molecular complexity index is 1950. The number of nitriles is 1. The number of ether oxygens (including phenoxy) is 1. The fourth-order valence-corrected chi connectivity index (χ4v) is 9.11. The van der Waals surface area contributed by atoms with Crippen LogP contribution in [-0.2, 0) is 0 Å². The zero-order valence-corrected chi connectivity index (χ0v) is 27.7. The van der Waals surface area contributed by atoms with Crippen LogP contribution in [-0.4, -0.2) is 70.4 Å². The van der Waals surface area contributed by atoms with E-state index in [0.717, 1.165) is 60.7 Å². The number of anilines is 1. The van der Waals surface area contributed by atoms with Crippen molar-refractivity contribution in [3.05, 3.63) is 59.9 Å². The molecular weight excluding hydrogens is 603 g/mol. The molecule has 0 saturated carbocycles. The van der Waals surface area contributed by atoms with Crippen LogP contribution < -0.4 is 15.0 Å². The summed E-state index contributed by atoms with van der Waals surface area (Å²) >= 11 is 0. The van der Waals surface area contributed by atoms with Gasteiger partial charge in [0.15, 0.2) is 5.82 Å². The fraction of sp³-hybridized carbons (Fsp3) is 0.462. The maximum absolute atomic E-state index is 17.3. The third-order valence-corrected chi connectivity index (χ3v) is 11.4. The van der Waals surface area contributed by atoms with Crippen molar-refractivity contribution in [1.82, 2.24) is 20.2 Å². The summed E-state index contributed by atoms with van der Waals surface area (Å²) in [5.74, 6) is -0.0233. The Labute approximate surface area is 281 Å². The van der Waals surface area contributed by atoms with Gasteiger partial charge in [0.2, 0.25) is 0 Å². The van der Waals surface area contributed by atoms with Crippen LogP contribution in [0.5, 0.6) is 11.8 Å². The second kappa shape index (κ2) is 12.3. The van der Waals surface area contributed by atoms with Crippen LogP contribution in [0.2, 0.25) is 0 Å². The summed E-state index contributed by atoms with van der Waals surface area (Å²) in [4.78, 5) is 14.5. The van der Waals surface area contributed by atoms with Gasteiger partial charge in [0, 0.05) is 41.7 Å². The molecule has 248 valence electrons. The predicted molar refractivity (Wildman–Crippen MR) is 188 cm³/mol. The molecule has 3 aromatic carbocycles. The third-order valence-electron chi connectivity index (χ3n) is 11.4. The van der Waals surface area contributed by atoms with Gasteiger partial charge >= 0.3 is 6.01 Å². The van der Waals surface area contributed by atoms with E-state index in [-0.39, 0.29) is 28.4 Å². The van der Waals surface area contributed by atoms with E-state index in [4.69, 9.17) is 14.7 Å². The first kappa shape index (κ1) is 31.0. The van der Waals surface area contributed by atoms with E-state index in [2.05, 4.69) is 27.8 Å². The minimum absolute atomic E-state index is 0.00797. The Kier molecular flexibility index (Phi) is 7.97. The smallest absolute Gasteiger partial charge is 0.319 e. The highest BCUT2D eigenvalue weighted by Gasteiger charge is 2.43. The lowest BCUT2D eigenvalue weighted by atomic mass is 9.88. The molecule has 0 radical (unpaired) electrons. The molecule has 5 heterocycles. The number of allylic oxidation sites excluding steroid dienone is 1. The molecule has 4 aliphatic rings. The van der Waals surface area contributed by atoms with Crippen LogP contribution in [0, 0.1) is 17.1 Å². The van der Waals surface area contributed by atoms with E-state index in [0.29, 0.717) is 47.4 Å². The molecule has 2 atom stereocenters. The molecule has 9 heteroatoms. The summed E-state index contributed by atoms with van der Waals surface area (Å²) in [6.07, 6.45) is 9.86. The van der Waals surface area contributed by atoms with Gasteiger partial charge in [-0.25, -0.2) is 4.39 Å². The maximum Gasteiger partial charge on any atom is 0.319 e. The lowest BCUT2D eigenvalue weighted by Crippen LogP contribution is -2.51. The number of hydrogen-bond donors (Lipinski definition) is 2. The quantitative estimate of drug-likeness (QED) is 0.183. The van der Waals surface area contributed by atoms with Crippen molar-refractivity contribution in [2.45, 2.75) is 82.3 Å². The average Bonchev–Trinajstić information content (AvgIpc) is 3.78. The first-order valence-electron chi connectivity index (χ1n) is 17.6. The topological polar surface area (TPSA) is 97.5 Å². The van der Waals surface area contributed by atoms with Crippen molar-refractivity contribution in [3.8, 4) is 29.0 Å². The zero-order chi connectivity index (χ0) is 33.0. The number of phenols is 1. The van der Waals surface area contributed by atoms with E-state index >= 15 is 4.39 Å². The van der Waals surface area contributed by atoms with Crippen LogP contribution in [0.15, 0.2) is 43.0 Å². The van der Waals surface area contributed by atoms with Gasteiger partial charge in [-0.15, -0.1) is 0 Å². The molecular formula is C39H43FN6O2. The Morgan fingerprint density at radius 3 is 2.65 bits per heavy atom. The molecule has 0 aliphatic carbocycles. The number of benzene rings is 3. The van der Waals surface area contributed by atoms with Gasteiger partial charge in [-0.1, -0.05) is 31.7 Å². The van der Waals surface area contributed by atoms with E-state index in [1.165, 1.54) is 38.8 Å². The minimum Gasteiger partial charge on any atom is -0.508 e. The monoisotopic (exact) mass is 646 g/mol. The highest BCUT2D eigenvalue weighted by Crippen LogP contribution is 2.44. The number of aromatic nitrogens is 2. The van der Waals surface area contributed by atoms with Gasteiger partial charge in [-0.2, -0.15) is 15.2 Å². The maximum atomic E-state index is 17.3. The van der Waals surface area contributed by atoms with Crippen molar-refractivity contribution in [2.24, 2.45) is 0 Å². The number of nitrogens with zero attached hydrogens (tertiary/aromatic N) is 5. The van der Waals surface area contributed by atoms with Crippen LogP contribution in [0.3, 0.4) is 0 Å². The lowest BCUT2D eigenvalue weighted by molar-refractivity contribution is 0.164. The van der Waals surface area contributed by atoms with Crippen molar-refractivity contribution in [1.29, 1.82) is 5.26 Å². The summed E-state index contributed by atoms with van der Waals surface area (Å²) in [5.41, 5.74) is 2.88. The Balaban J connectivity index is 1.24. The first-order chi connectivity index (χ1) is 23.4. The first-order valence-corrected chi connectivity index (χ1v) is 17.6. The molecule has 0 amide bonds. The highest BCUT2D eigenvalue weighted by molar-refractivity contribution is 6.07. The fourth-order valence-electron chi connectivity index (χ4n) is 9.11. The number of piperazine rings is 1. The summed E-state index contributed by atoms with van der Waals surface area (Å²) in [5, 5.41) is 26.9. The summed E-state index contributed by atoms with van der Waals surface area (Å²) in [6.45, 7) is 10.6. The Morgan fingerprint density at radius 2 is 1.92 bits per heavy atom. The number of phenolic OH excluding ortho intramolecular Hbond substituents is 1. The van der Waals surface area contributed by atoms with Crippen molar-refractivity contribution >= 4 is 33.1 Å². The second-order valence-corrected chi connectivity index (χ2v) is 14.2. The minimum atomic E-state index is -0.620. The van der Waals surface area contributed by atoms with Gasteiger partial charge in [-0.05, 0) is 117 Å². The van der Waals surface area contributed by atoms with Crippen LogP contribution in [0.1, 0.15) is 75.8 Å². The number of halogens is 1. The molecule has 0 spiro atoms. The molecule has 8 rings (SSSR count). The third kappa shape index (κ3) is 5.26. The predicted octanol–water partition coefficient (Wildman–Crippen LogP) is 7.32. The van der Waals surface area contributed by atoms with Gasteiger partial charge in [0.25, 0.3) is 0 Å². The zero-order valence-electron chi connectivity index (χ0n) is 27.7. The largest absolute Gasteiger partial charge is 0.508 e. The van der Waals surface area contributed by atoms with E-state index in [9.17, 15) is 10.4 Å². The molecule has 1 aromatic heterocycles. The molecule has 2 bridgehead atoms. The number of fused-ring (bicyclic) bond motifs is 5. The molecule has 4 aromatic rings. The van der Waals surface area contributed by atoms with Crippen LogP contribution >= 0.6 is 0 Å². The number of rotatable bonds is 9. The van der Waals surface area contributed by atoms with Gasteiger partial charge in [-0.3, -0.25) is 4.90 Å². The van der Waals surface area contributed by atoms with Gasteiger partial charge in [0.1, 0.15) is 17.1 Å². The molecule has 8 nitrogen and oxygen atoms in total. The Hall–Kier alpha value is -4.26. The van der Waals surface area contributed by atoms with Crippen molar-refractivity contribution in [3.63, 3.8) is 0 Å². The van der Waals surface area contributed by atoms with E-state index in [1.807, 2.05) is 25.1 Å². The summed E-state index contributed by atoms with van der Waals surface area (Å²) < 4.78 is 23.5. The van der Waals surface area contributed by atoms with Crippen molar-refractivity contribution < 1.29 is 14.2 Å². The SMILES string of the molecule is C=C(CC)c1cccc2cc(O)cc(-c3c(C#N)cc4c(N5CC6CCC(C5)N6)nc(OCCCC56CCCN5CCC6)nc4c3F)c12. The van der Waals surface area contributed by atoms with Crippen molar-refractivity contribution in [2.75, 3.05) is 37.7 Å². The second-order valence-electron chi connectivity index (χ2n) is 14.2. The standard InChI is InChI=1S/C39H43FN6O2/c1-3-24(2)30-9-4-8-25-18-29(47)20-31(33(25)30)34-26(21-41)19-32-36(35(34)40)43-38(44-37(32)45-22-27-10-11-28(23-45)42-27)48-17-7-14-39-12-5-15-46(39)16-6-13-39/h4,8-9,18-20,27-28,42,47H,2-3,5-7,10-17,22-23H2,1H3. The molecule has 4 saturated heterocycles. The molecule has 4 aliphatic heterocycles. The highest BCUT2D eigenvalue weighted by atomic mass is 19.1. The molecule has 2 N–H and O–H groups in total. The van der Waals surface area contributed by atoms with Crippen LogP contribution in [0.25, 0.3) is 38.4 Å².